The first-order chi connectivity index (χ1) is 14.0. The number of hydrogen-bond donors (Lipinski definition) is 2. The number of benzene rings is 1. The maximum atomic E-state index is 12.3. The van der Waals surface area contributed by atoms with Crippen LogP contribution in [-0.2, 0) is 29.3 Å². The van der Waals surface area contributed by atoms with Gasteiger partial charge in [0.15, 0.2) is 0 Å². The normalized spacial score (nSPS) is 16.5. The molecule has 0 fully saturated rings. The molecule has 3 aromatic rings. The third-order valence-corrected chi connectivity index (χ3v) is 7.66. The molecule has 0 bridgehead atoms. The van der Waals surface area contributed by atoms with E-state index in [1.165, 1.54) is 22.7 Å². The van der Waals surface area contributed by atoms with Gasteiger partial charge >= 0.3 is 0 Å². The Balaban J connectivity index is 1.40. The largest absolute Gasteiger partial charge is 0.308 e. The van der Waals surface area contributed by atoms with Crippen molar-refractivity contribution in [1.82, 2.24) is 20.0 Å². The molecule has 1 atom stereocenters. The molecule has 0 radical (unpaired) electrons. The molecule has 3 heterocycles. The molecule has 6 nitrogen and oxygen atoms in total. The molecule has 152 valence electrons. The van der Waals surface area contributed by atoms with E-state index in [-0.39, 0.29) is 10.9 Å². The van der Waals surface area contributed by atoms with Crippen molar-refractivity contribution < 1.29 is 8.42 Å². The Labute approximate surface area is 179 Å². The minimum Gasteiger partial charge on any atom is -0.308 e. The number of rotatable bonds is 7. The van der Waals surface area contributed by atoms with Crippen LogP contribution in [0.2, 0.25) is 5.02 Å². The van der Waals surface area contributed by atoms with E-state index < -0.39 is 10.0 Å². The summed E-state index contributed by atoms with van der Waals surface area (Å²) < 4.78 is 27.2. The minimum absolute atomic E-state index is 0.164. The first kappa shape index (κ1) is 20.4. The van der Waals surface area contributed by atoms with Gasteiger partial charge in [-0.05, 0) is 42.7 Å². The number of aromatic nitrogens is 2. The van der Waals surface area contributed by atoms with Crippen LogP contribution in [0, 0.1) is 0 Å². The average Bonchev–Trinajstić information content (AvgIpc) is 3.14. The van der Waals surface area contributed by atoms with Crippen molar-refractivity contribution in [3.63, 3.8) is 0 Å². The third kappa shape index (κ3) is 5.02. The van der Waals surface area contributed by atoms with Gasteiger partial charge in [0, 0.05) is 41.8 Å². The van der Waals surface area contributed by atoms with Crippen molar-refractivity contribution >= 4 is 33.0 Å². The molecule has 1 aromatic carbocycles. The molecule has 0 saturated heterocycles. The van der Waals surface area contributed by atoms with Gasteiger partial charge in [-0.15, -0.1) is 11.3 Å². The lowest BCUT2D eigenvalue weighted by Gasteiger charge is -2.23. The number of halogens is 1. The molecule has 9 heteroatoms. The van der Waals surface area contributed by atoms with Crippen LogP contribution in [0.1, 0.15) is 27.2 Å². The number of fused-ring (bicyclic) bond motifs is 1. The summed E-state index contributed by atoms with van der Waals surface area (Å²) in [5.41, 5.74) is 2.29. The van der Waals surface area contributed by atoms with Gasteiger partial charge in [0.25, 0.3) is 0 Å². The lowest BCUT2D eigenvalue weighted by molar-refractivity contribution is 0.495. The molecule has 2 aromatic heterocycles. The van der Waals surface area contributed by atoms with Gasteiger partial charge < -0.3 is 5.32 Å². The highest BCUT2D eigenvalue weighted by Gasteiger charge is 2.24. The predicted octanol–water partition coefficient (Wildman–Crippen LogP) is 3.14. The standard InChI is InChI=1S/C20H21ClN4O2S2/c21-15-5-3-14(4-6-15)12-17-20-18(7-10-23-17)28-19(25-20)8-11-24-29(26,27)16-2-1-9-22-13-16/h1-6,9,13,17,23-24H,7-8,10-12H2. The van der Waals surface area contributed by atoms with Gasteiger partial charge in [0.05, 0.1) is 16.7 Å². The summed E-state index contributed by atoms with van der Waals surface area (Å²) in [4.78, 5) is 10.1. The van der Waals surface area contributed by atoms with E-state index in [1.807, 2.05) is 24.3 Å². The lowest BCUT2D eigenvalue weighted by atomic mass is 9.99. The molecule has 0 aliphatic carbocycles. The molecule has 1 unspecified atom stereocenters. The van der Waals surface area contributed by atoms with Crippen LogP contribution >= 0.6 is 22.9 Å². The zero-order valence-electron chi connectivity index (χ0n) is 15.6. The fraction of sp³-hybridized carbons (Fsp3) is 0.300. The molecule has 1 aliphatic rings. The van der Waals surface area contributed by atoms with Gasteiger partial charge in [-0.2, -0.15) is 0 Å². The average molecular weight is 449 g/mol. The van der Waals surface area contributed by atoms with Crippen molar-refractivity contribution in [3.8, 4) is 0 Å². The molecule has 1 aliphatic heterocycles. The molecule has 0 saturated carbocycles. The van der Waals surface area contributed by atoms with Crippen molar-refractivity contribution in [2.75, 3.05) is 13.1 Å². The van der Waals surface area contributed by atoms with E-state index in [9.17, 15) is 8.42 Å². The molecule has 29 heavy (non-hydrogen) atoms. The zero-order chi connectivity index (χ0) is 20.3. The number of pyridine rings is 1. The quantitative estimate of drug-likeness (QED) is 0.580. The lowest BCUT2D eigenvalue weighted by Crippen LogP contribution is -2.30. The molecule has 4 rings (SSSR count). The monoisotopic (exact) mass is 448 g/mol. The van der Waals surface area contributed by atoms with Crippen LogP contribution in [0.5, 0.6) is 0 Å². The highest BCUT2D eigenvalue weighted by atomic mass is 35.5. The van der Waals surface area contributed by atoms with E-state index >= 15 is 0 Å². The summed E-state index contributed by atoms with van der Waals surface area (Å²) in [5, 5.41) is 5.23. The maximum Gasteiger partial charge on any atom is 0.242 e. The van der Waals surface area contributed by atoms with E-state index in [2.05, 4.69) is 15.0 Å². The number of nitrogens with zero attached hydrogens (tertiary/aromatic N) is 2. The Morgan fingerprint density at radius 3 is 2.83 bits per heavy atom. The van der Waals surface area contributed by atoms with Gasteiger partial charge in [0.2, 0.25) is 10.0 Å². The third-order valence-electron chi connectivity index (χ3n) is 4.77. The highest BCUT2D eigenvalue weighted by Crippen LogP contribution is 2.30. The fourth-order valence-electron chi connectivity index (χ4n) is 3.34. The fourth-order valence-corrected chi connectivity index (χ4v) is 5.59. The summed E-state index contributed by atoms with van der Waals surface area (Å²) in [6, 6.07) is 11.2. The first-order valence-corrected chi connectivity index (χ1v) is 12.0. The summed E-state index contributed by atoms with van der Waals surface area (Å²) in [6.07, 6.45) is 5.25. The van der Waals surface area contributed by atoms with E-state index in [0.717, 1.165) is 35.1 Å². The zero-order valence-corrected chi connectivity index (χ0v) is 18.0. The molecular formula is C20H21ClN4O2S2. The van der Waals surface area contributed by atoms with E-state index in [0.29, 0.717) is 13.0 Å². The molecular weight excluding hydrogens is 428 g/mol. The van der Waals surface area contributed by atoms with Crippen molar-refractivity contribution in [2.24, 2.45) is 0 Å². The topological polar surface area (TPSA) is 84.0 Å². The van der Waals surface area contributed by atoms with Crippen LogP contribution in [0.3, 0.4) is 0 Å². The Morgan fingerprint density at radius 1 is 1.24 bits per heavy atom. The van der Waals surface area contributed by atoms with E-state index in [4.69, 9.17) is 16.6 Å². The van der Waals surface area contributed by atoms with Gasteiger partial charge in [0.1, 0.15) is 4.90 Å². The number of nitrogens with one attached hydrogen (secondary N) is 2. The minimum atomic E-state index is -3.55. The number of thiazole rings is 1. The van der Waals surface area contributed by atoms with Gasteiger partial charge in [-0.25, -0.2) is 18.1 Å². The maximum absolute atomic E-state index is 12.3. The summed E-state index contributed by atoms with van der Waals surface area (Å²) in [7, 11) is -3.55. The summed E-state index contributed by atoms with van der Waals surface area (Å²) >= 11 is 7.66. The van der Waals surface area contributed by atoms with Crippen molar-refractivity contribution in [1.29, 1.82) is 0 Å². The first-order valence-electron chi connectivity index (χ1n) is 9.37. The second kappa shape index (κ2) is 8.89. The molecule has 0 spiro atoms. The van der Waals surface area contributed by atoms with Gasteiger partial charge in [-0.3, -0.25) is 4.98 Å². The van der Waals surface area contributed by atoms with Crippen LogP contribution in [0.25, 0.3) is 0 Å². The molecule has 0 amide bonds. The summed E-state index contributed by atoms with van der Waals surface area (Å²) in [5.74, 6) is 0. The van der Waals surface area contributed by atoms with Crippen LogP contribution in [-0.4, -0.2) is 31.5 Å². The highest BCUT2D eigenvalue weighted by molar-refractivity contribution is 7.89. The van der Waals surface area contributed by atoms with Crippen LogP contribution in [0.15, 0.2) is 53.7 Å². The Hall–Kier alpha value is -1.84. The SMILES string of the molecule is O=S(=O)(NCCc1nc2c(s1)CCNC2Cc1ccc(Cl)cc1)c1cccnc1. The van der Waals surface area contributed by atoms with Crippen LogP contribution in [0.4, 0.5) is 0 Å². The van der Waals surface area contributed by atoms with Crippen molar-refractivity contribution in [2.45, 2.75) is 30.2 Å². The second-order valence-corrected chi connectivity index (χ2v) is 10.2. The van der Waals surface area contributed by atoms with Gasteiger partial charge in [-0.1, -0.05) is 23.7 Å². The Bertz CT molecular complexity index is 1070. The van der Waals surface area contributed by atoms with Crippen molar-refractivity contribution in [3.05, 3.63) is 75.0 Å². The van der Waals surface area contributed by atoms with E-state index in [1.54, 1.807) is 23.6 Å². The predicted molar refractivity (Wildman–Crippen MR) is 115 cm³/mol. The Kier molecular flexibility index (Phi) is 6.26. The summed E-state index contributed by atoms with van der Waals surface area (Å²) in [6.45, 7) is 1.22. The Morgan fingerprint density at radius 2 is 2.07 bits per heavy atom. The second-order valence-electron chi connectivity index (χ2n) is 6.84. The number of hydrogen-bond acceptors (Lipinski definition) is 6. The number of sulfonamides is 1. The van der Waals surface area contributed by atoms with Crippen LogP contribution < -0.4 is 10.0 Å². The molecule has 2 N–H and O–H groups in total. The smallest absolute Gasteiger partial charge is 0.242 e.